The minimum absolute atomic E-state index is 0.331. The van der Waals surface area contributed by atoms with E-state index in [1.807, 2.05) is 54.6 Å². The molecule has 1 heterocycles. The molecule has 0 unspecified atom stereocenters. The van der Waals surface area contributed by atoms with Crippen molar-refractivity contribution < 1.29 is 4.42 Å². The molecule has 0 saturated heterocycles. The average Bonchev–Trinajstić information content (AvgIpc) is 2.62. The maximum atomic E-state index is 11.7. The van der Waals surface area contributed by atoms with Gasteiger partial charge in [-0.25, -0.2) is 4.79 Å². The smallest absolute Gasteiger partial charge is 0.336 e. The molecule has 0 N–H and O–H groups in total. The summed E-state index contributed by atoms with van der Waals surface area (Å²) >= 11 is 0. The maximum Gasteiger partial charge on any atom is 0.336 e. The van der Waals surface area contributed by atoms with Crippen LogP contribution in [0.2, 0.25) is 0 Å². The topological polar surface area (TPSA) is 30.2 Å². The minimum Gasteiger partial charge on any atom is -0.422 e. The number of rotatable bonds is 2. The van der Waals surface area contributed by atoms with Gasteiger partial charge in [0.05, 0.1) is 0 Å². The second-order valence-corrected chi connectivity index (χ2v) is 5.43. The van der Waals surface area contributed by atoms with Crippen LogP contribution in [0.25, 0.3) is 33.2 Å². The molecule has 0 fully saturated rings. The van der Waals surface area contributed by atoms with Crippen LogP contribution < -0.4 is 5.63 Å². The lowest BCUT2D eigenvalue weighted by Gasteiger charge is -2.09. The van der Waals surface area contributed by atoms with Crippen molar-refractivity contribution in [3.8, 4) is 22.3 Å². The molecule has 0 bridgehead atoms. The van der Waals surface area contributed by atoms with Gasteiger partial charge in [-0.2, -0.15) is 0 Å². The molecular formula is C21H14O2. The van der Waals surface area contributed by atoms with E-state index in [0.717, 1.165) is 27.6 Å². The van der Waals surface area contributed by atoms with E-state index in [2.05, 4.69) is 24.3 Å². The van der Waals surface area contributed by atoms with Crippen LogP contribution in [0.15, 0.2) is 94.1 Å². The summed E-state index contributed by atoms with van der Waals surface area (Å²) in [7, 11) is 0. The summed E-state index contributed by atoms with van der Waals surface area (Å²) in [5.74, 6) is 0. The van der Waals surface area contributed by atoms with E-state index in [1.165, 1.54) is 6.07 Å². The van der Waals surface area contributed by atoms with E-state index in [1.54, 1.807) is 0 Å². The Balaban J connectivity index is 2.06. The summed E-state index contributed by atoms with van der Waals surface area (Å²) in [5, 5.41) is 0.921. The van der Waals surface area contributed by atoms with Crippen LogP contribution in [-0.2, 0) is 0 Å². The van der Waals surface area contributed by atoms with E-state index < -0.39 is 0 Å². The minimum atomic E-state index is -0.331. The highest BCUT2D eigenvalue weighted by Gasteiger charge is 2.10. The lowest BCUT2D eigenvalue weighted by Crippen LogP contribution is -1.96. The molecule has 3 aromatic carbocycles. The monoisotopic (exact) mass is 298 g/mol. The Morgan fingerprint density at radius 2 is 1.26 bits per heavy atom. The highest BCUT2D eigenvalue weighted by Crippen LogP contribution is 2.33. The van der Waals surface area contributed by atoms with Crippen molar-refractivity contribution >= 4 is 11.0 Å². The second-order valence-electron chi connectivity index (χ2n) is 5.43. The molecule has 0 radical (unpaired) electrons. The number of benzene rings is 3. The lowest BCUT2D eigenvalue weighted by molar-refractivity contribution is 0.562. The molecule has 110 valence electrons. The zero-order chi connectivity index (χ0) is 15.6. The van der Waals surface area contributed by atoms with Crippen LogP contribution in [0.5, 0.6) is 0 Å². The van der Waals surface area contributed by atoms with E-state index >= 15 is 0 Å². The van der Waals surface area contributed by atoms with Gasteiger partial charge in [-0.1, -0.05) is 60.7 Å². The van der Waals surface area contributed by atoms with Gasteiger partial charge in [-0.3, -0.25) is 0 Å². The fourth-order valence-electron chi connectivity index (χ4n) is 2.81. The lowest BCUT2D eigenvalue weighted by atomic mass is 9.96. The van der Waals surface area contributed by atoms with Crippen LogP contribution in [0, 0.1) is 0 Å². The van der Waals surface area contributed by atoms with Gasteiger partial charge in [0.25, 0.3) is 0 Å². The molecule has 23 heavy (non-hydrogen) atoms. The predicted octanol–water partition coefficient (Wildman–Crippen LogP) is 5.13. The fourth-order valence-corrected chi connectivity index (χ4v) is 2.81. The standard InChI is InChI=1S/C21H14O2/c22-20-12-11-17-13-18(15-7-3-1-4-8-15)14-19(21(17)23-20)16-9-5-2-6-10-16/h1-14H. The number of hydrogen-bond donors (Lipinski definition) is 0. The Morgan fingerprint density at radius 3 is 1.96 bits per heavy atom. The highest BCUT2D eigenvalue weighted by atomic mass is 16.4. The molecule has 2 heteroatoms. The van der Waals surface area contributed by atoms with Gasteiger partial charge in [0.15, 0.2) is 0 Å². The van der Waals surface area contributed by atoms with Crippen molar-refractivity contribution in [2.45, 2.75) is 0 Å². The van der Waals surface area contributed by atoms with E-state index in [4.69, 9.17) is 4.42 Å². The third-order valence-corrected chi connectivity index (χ3v) is 3.91. The van der Waals surface area contributed by atoms with Crippen LogP contribution in [0.4, 0.5) is 0 Å². The quantitative estimate of drug-likeness (QED) is 0.480. The van der Waals surface area contributed by atoms with Gasteiger partial charge in [0.1, 0.15) is 5.58 Å². The molecule has 0 spiro atoms. The number of hydrogen-bond acceptors (Lipinski definition) is 2. The van der Waals surface area contributed by atoms with Gasteiger partial charge in [-0.15, -0.1) is 0 Å². The van der Waals surface area contributed by atoms with Gasteiger partial charge >= 0.3 is 5.63 Å². The fraction of sp³-hybridized carbons (Fsp3) is 0. The normalized spacial score (nSPS) is 10.8. The predicted molar refractivity (Wildman–Crippen MR) is 93.4 cm³/mol. The first-order chi connectivity index (χ1) is 11.3. The Bertz CT molecular complexity index is 1020. The zero-order valence-electron chi connectivity index (χ0n) is 12.4. The Kier molecular flexibility index (Phi) is 3.28. The molecule has 0 atom stereocenters. The maximum absolute atomic E-state index is 11.7. The molecule has 0 saturated carbocycles. The van der Waals surface area contributed by atoms with E-state index in [0.29, 0.717) is 5.58 Å². The second kappa shape index (κ2) is 5.58. The van der Waals surface area contributed by atoms with Crippen LogP contribution in [0.1, 0.15) is 0 Å². The third-order valence-electron chi connectivity index (χ3n) is 3.91. The molecule has 0 aliphatic heterocycles. The molecule has 0 aliphatic rings. The third kappa shape index (κ3) is 2.55. The first kappa shape index (κ1) is 13.5. The van der Waals surface area contributed by atoms with E-state index in [-0.39, 0.29) is 5.63 Å². The Morgan fingerprint density at radius 1 is 0.609 bits per heavy atom. The van der Waals surface area contributed by atoms with Crippen molar-refractivity contribution in [1.29, 1.82) is 0 Å². The van der Waals surface area contributed by atoms with Gasteiger partial charge < -0.3 is 4.42 Å². The van der Waals surface area contributed by atoms with Crippen molar-refractivity contribution in [2.24, 2.45) is 0 Å². The Hall–Kier alpha value is -3.13. The van der Waals surface area contributed by atoms with Crippen LogP contribution in [-0.4, -0.2) is 0 Å². The van der Waals surface area contributed by atoms with Crippen molar-refractivity contribution in [2.75, 3.05) is 0 Å². The van der Waals surface area contributed by atoms with Crippen LogP contribution >= 0.6 is 0 Å². The first-order valence-corrected chi connectivity index (χ1v) is 7.50. The van der Waals surface area contributed by atoms with Gasteiger partial charge in [-0.05, 0) is 34.9 Å². The molecule has 1 aromatic heterocycles. The van der Waals surface area contributed by atoms with Gasteiger partial charge in [0, 0.05) is 17.0 Å². The molecule has 0 amide bonds. The van der Waals surface area contributed by atoms with Crippen molar-refractivity contribution in [3.05, 3.63) is 95.3 Å². The summed E-state index contributed by atoms with van der Waals surface area (Å²) in [6, 6.07) is 27.6. The zero-order valence-corrected chi connectivity index (χ0v) is 12.4. The average molecular weight is 298 g/mol. The molecule has 2 nitrogen and oxygen atoms in total. The summed E-state index contributed by atoms with van der Waals surface area (Å²) in [6.45, 7) is 0. The molecule has 0 aliphatic carbocycles. The van der Waals surface area contributed by atoms with Crippen molar-refractivity contribution in [3.63, 3.8) is 0 Å². The summed E-state index contributed by atoms with van der Waals surface area (Å²) in [6.07, 6.45) is 0. The molecular weight excluding hydrogens is 284 g/mol. The van der Waals surface area contributed by atoms with Crippen molar-refractivity contribution in [1.82, 2.24) is 0 Å². The summed E-state index contributed by atoms with van der Waals surface area (Å²) < 4.78 is 5.48. The van der Waals surface area contributed by atoms with E-state index in [9.17, 15) is 4.79 Å². The Labute approximate surface area is 133 Å². The largest absolute Gasteiger partial charge is 0.422 e. The summed E-state index contributed by atoms with van der Waals surface area (Å²) in [5.41, 5.74) is 4.50. The SMILES string of the molecule is O=c1ccc2cc(-c3ccccc3)cc(-c3ccccc3)c2o1. The number of fused-ring (bicyclic) bond motifs is 1. The molecule has 4 aromatic rings. The molecule has 4 rings (SSSR count). The van der Waals surface area contributed by atoms with Crippen LogP contribution in [0.3, 0.4) is 0 Å². The highest BCUT2D eigenvalue weighted by molar-refractivity contribution is 5.96. The van der Waals surface area contributed by atoms with Gasteiger partial charge in [0.2, 0.25) is 0 Å². The first-order valence-electron chi connectivity index (χ1n) is 7.50. The summed E-state index contributed by atoms with van der Waals surface area (Å²) in [4.78, 5) is 11.7.